The van der Waals surface area contributed by atoms with Crippen molar-refractivity contribution in [2.24, 2.45) is 17.8 Å². The van der Waals surface area contributed by atoms with E-state index < -0.39 is 0 Å². The molecule has 0 unspecified atom stereocenters. The number of nitrogens with one attached hydrogen (secondary N) is 1. The van der Waals surface area contributed by atoms with E-state index in [1.54, 1.807) is 0 Å². The molecule has 1 aromatic carbocycles. The fourth-order valence-electron chi connectivity index (χ4n) is 5.94. The van der Waals surface area contributed by atoms with Gasteiger partial charge in [-0.1, -0.05) is 11.6 Å². The second-order valence-corrected chi connectivity index (χ2v) is 9.45. The molecule has 4 aliphatic carbocycles. The van der Waals surface area contributed by atoms with Gasteiger partial charge in [0.2, 0.25) is 0 Å². The number of rotatable bonds is 7. The van der Waals surface area contributed by atoms with Crippen LogP contribution in [0, 0.1) is 17.8 Å². The van der Waals surface area contributed by atoms with Crippen molar-refractivity contribution in [3.05, 3.63) is 22.7 Å². The lowest BCUT2D eigenvalue weighted by Gasteiger charge is -2.57. The lowest BCUT2D eigenvalue weighted by Crippen LogP contribution is -2.58. The van der Waals surface area contributed by atoms with Gasteiger partial charge in [0.25, 0.3) is 0 Å². The normalized spacial score (nSPS) is 32.3. The van der Waals surface area contributed by atoms with E-state index in [0.717, 1.165) is 46.4 Å². The zero-order valence-corrected chi connectivity index (χ0v) is 17.1. The van der Waals surface area contributed by atoms with Crippen molar-refractivity contribution in [3.8, 4) is 11.5 Å². The molecule has 0 aromatic heterocycles. The number of halogens is 1. The summed E-state index contributed by atoms with van der Waals surface area (Å²) in [6.45, 7) is 7.48. The molecule has 5 rings (SSSR count). The van der Waals surface area contributed by atoms with Gasteiger partial charge in [0.1, 0.15) is 0 Å². The molecule has 4 heteroatoms. The first-order chi connectivity index (χ1) is 12.5. The highest BCUT2D eigenvalue weighted by Crippen LogP contribution is 2.55. The molecule has 4 saturated carbocycles. The van der Waals surface area contributed by atoms with Crippen LogP contribution in [0.1, 0.15) is 64.9 Å². The summed E-state index contributed by atoms with van der Waals surface area (Å²) in [5, 5.41) is 4.70. The molecule has 0 atom stereocenters. The topological polar surface area (TPSA) is 30.5 Å². The third-order valence-electron chi connectivity index (χ3n) is 6.47. The summed E-state index contributed by atoms with van der Waals surface area (Å²) in [4.78, 5) is 0. The number of ether oxygens (including phenoxy) is 2. The minimum absolute atomic E-state index is 0.0984. The molecule has 1 N–H and O–H groups in total. The van der Waals surface area contributed by atoms with Crippen LogP contribution < -0.4 is 14.8 Å². The van der Waals surface area contributed by atoms with Crippen LogP contribution in [0.3, 0.4) is 0 Å². The minimum Gasteiger partial charge on any atom is -0.490 e. The zero-order valence-electron chi connectivity index (χ0n) is 16.3. The lowest BCUT2D eigenvalue weighted by molar-refractivity contribution is -0.0206. The zero-order chi connectivity index (χ0) is 18.3. The van der Waals surface area contributed by atoms with Gasteiger partial charge in [-0.2, -0.15) is 0 Å². The lowest BCUT2D eigenvalue weighted by atomic mass is 9.53. The van der Waals surface area contributed by atoms with E-state index in [4.69, 9.17) is 21.1 Å². The first-order valence-corrected chi connectivity index (χ1v) is 10.7. The highest BCUT2D eigenvalue weighted by Gasteiger charge is 2.50. The van der Waals surface area contributed by atoms with E-state index >= 15 is 0 Å². The smallest absolute Gasteiger partial charge is 0.163 e. The van der Waals surface area contributed by atoms with Gasteiger partial charge in [-0.25, -0.2) is 0 Å². The van der Waals surface area contributed by atoms with Crippen molar-refractivity contribution in [2.75, 3.05) is 6.61 Å². The SMILES string of the molecule is CCOc1cc(CNC23CC4CC(CC(C4)C2)C3)c(Cl)cc1OC(C)C. The average molecular weight is 378 g/mol. The molecule has 4 aliphatic rings. The average Bonchev–Trinajstić information content (AvgIpc) is 2.54. The fraction of sp³-hybridized carbons (Fsp3) is 0.727. The van der Waals surface area contributed by atoms with Crippen LogP contribution in [0.2, 0.25) is 5.02 Å². The van der Waals surface area contributed by atoms with Gasteiger partial charge in [0.15, 0.2) is 11.5 Å². The van der Waals surface area contributed by atoms with Crippen LogP contribution in [0.4, 0.5) is 0 Å². The third kappa shape index (κ3) is 3.71. The van der Waals surface area contributed by atoms with E-state index in [0.29, 0.717) is 12.1 Å². The summed E-state index contributed by atoms with van der Waals surface area (Å²) >= 11 is 6.60. The van der Waals surface area contributed by atoms with Crippen LogP contribution in [-0.4, -0.2) is 18.2 Å². The monoisotopic (exact) mass is 377 g/mol. The standard InChI is InChI=1S/C22H32ClNO2/c1-4-25-20-8-18(19(23)9-21(20)26-14(2)3)13-24-22-10-15-5-16(11-22)7-17(6-15)12-22/h8-9,14-17,24H,4-7,10-13H2,1-3H3. The molecule has 0 spiro atoms. The Labute approximate surface area is 162 Å². The van der Waals surface area contributed by atoms with Crippen molar-refractivity contribution in [1.82, 2.24) is 5.32 Å². The molecule has 1 aromatic rings. The van der Waals surface area contributed by atoms with Gasteiger partial charge >= 0.3 is 0 Å². The highest BCUT2D eigenvalue weighted by atomic mass is 35.5. The van der Waals surface area contributed by atoms with Crippen LogP contribution in [0.25, 0.3) is 0 Å². The maximum absolute atomic E-state index is 6.60. The van der Waals surface area contributed by atoms with Crippen molar-refractivity contribution in [2.45, 2.75) is 77.5 Å². The summed E-state index contributed by atoms with van der Waals surface area (Å²) in [6, 6.07) is 3.99. The predicted molar refractivity (Wildman–Crippen MR) is 106 cm³/mol. The predicted octanol–water partition coefficient (Wildman–Crippen LogP) is 5.58. The van der Waals surface area contributed by atoms with E-state index in [1.165, 1.54) is 38.5 Å². The molecule has 0 amide bonds. The Morgan fingerprint density at radius 1 is 1.08 bits per heavy atom. The summed E-state index contributed by atoms with van der Waals surface area (Å²) in [7, 11) is 0. The van der Waals surface area contributed by atoms with Gasteiger partial charge in [-0.15, -0.1) is 0 Å². The Balaban J connectivity index is 1.50. The molecule has 26 heavy (non-hydrogen) atoms. The van der Waals surface area contributed by atoms with Crippen LogP contribution >= 0.6 is 11.6 Å². The highest BCUT2D eigenvalue weighted by molar-refractivity contribution is 6.31. The van der Waals surface area contributed by atoms with Crippen molar-refractivity contribution >= 4 is 11.6 Å². The Kier molecular flexibility index (Phi) is 5.13. The molecular formula is C22H32ClNO2. The molecule has 0 heterocycles. The molecular weight excluding hydrogens is 346 g/mol. The first kappa shape index (κ1) is 18.4. The van der Waals surface area contributed by atoms with Gasteiger partial charge < -0.3 is 14.8 Å². The quantitative estimate of drug-likeness (QED) is 0.672. The van der Waals surface area contributed by atoms with Crippen LogP contribution in [-0.2, 0) is 6.54 Å². The van der Waals surface area contributed by atoms with Gasteiger partial charge in [0, 0.05) is 23.2 Å². The maximum Gasteiger partial charge on any atom is 0.163 e. The van der Waals surface area contributed by atoms with Crippen molar-refractivity contribution in [3.63, 3.8) is 0 Å². The number of hydrogen-bond donors (Lipinski definition) is 1. The van der Waals surface area contributed by atoms with Gasteiger partial charge in [-0.3, -0.25) is 0 Å². The molecule has 4 bridgehead atoms. The molecule has 4 fully saturated rings. The summed E-state index contributed by atoms with van der Waals surface area (Å²) in [5.41, 5.74) is 1.46. The Hall–Kier alpha value is -0.930. The van der Waals surface area contributed by atoms with E-state index in [1.807, 2.05) is 26.8 Å². The van der Waals surface area contributed by atoms with Crippen molar-refractivity contribution < 1.29 is 9.47 Å². The Bertz CT molecular complexity index is 623. The van der Waals surface area contributed by atoms with Crippen LogP contribution in [0.15, 0.2) is 12.1 Å². The Morgan fingerprint density at radius 3 is 2.23 bits per heavy atom. The van der Waals surface area contributed by atoms with E-state index in [9.17, 15) is 0 Å². The number of benzene rings is 1. The van der Waals surface area contributed by atoms with Crippen molar-refractivity contribution in [1.29, 1.82) is 0 Å². The summed E-state index contributed by atoms with van der Waals surface area (Å²) in [6.07, 6.45) is 8.56. The molecule has 0 radical (unpaired) electrons. The second-order valence-electron chi connectivity index (χ2n) is 9.04. The molecule has 0 aliphatic heterocycles. The maximum atomic E-state index is 6.60. The first-order valence-electron chi connectivity index (χ1n) is 10.3. The number of hydrogen-bond acceptors (Lipinski definition) is 3. The molecule has 144 valence electrons. The summed E-state index contributed by atoms with van der Waals surface area (Å²) < 4.78 is 11.7. The fourth-order valence-corrected chi connectivity index (χ4v) is 6.16. The third-order valence-corrected chi connectivity index (χ3v) is 6.82. The van der Waals surface area contributed by atoms with Gasteiger partial charge in [-0.05, 0) is 88.7 Å². The molecule has 0 saturated heterocycles. The molecule has 3 nitrogen and oxygen atoms in total. The van der Waals surface area contributed by atoms with Gasteiger partial charge in [0.05, 0.1) is 12.7 Å². The van der Waals surface area contributed by atoms with E-state index in [2.05, 4.69) is 11.4 Å². The van der Waals surface area contributed by atoms with Crippen LogP contribution in [0.5, 0.6) is 11.5 Å². The largest absolute Gasteiger partial charge is 0.490 e. The summed E-state index contributed by atoms with van der Waals surface area (Å²) in [5.74, 6) is 4.39. The minimum atomic E-state index is 0.0984. The second kappa shape index (κ2) is 7.24. The van der Waals surface area contributed by atoms with E-state index in [-0.39, 0.29) is 6.10 Å². The Morgan fingerprint density at radius 2 is 1.69 bits per heavy atom.